The lowest BCUT2D eigenvalue weighted by Gasteiger charge is -2.19. The number of anilines is 1. The summed E-state index contributed by atoms with van der Waals surface area (Å²) in [7, 11) is 1.73. The molecule has 0 aliphatic rings. The molecule has 3 aromatic rings. The van der Waals surface area contributed by atoms with Gasteiger partial charge in [0.25, 0.3) is 11.5 Å². The Balaban J connectivity index is 1.71. The second-order valence-electron chi connectivity index (χ2n) is 7.87. The fraction of sp³-hybridized carbons (Fsp3) is 0.292. The first-order chi connectivity index (χ1) is 15.2. The van der Waals surface area contributed by atoms with Crippen molar-refractivity contribution in [2.45, 2.75) is 26.7 Å². The van der Waals surface area contributed by atoms with Crippen molar-refractivity contribution in [1.82, 2.24) is 9.36 Å². The molecule has 168 valence electrons. The number of nitrogens with zero attached hydrogens (tertiary/aromatic N) is 2. The van der Waals surface area contributed by atoms with E-state index < -0.39 is 24.4 Å². The largest absolute Gasteiger partial charge is 0.455 e. The van der Waals surface area contributed by atoms with Gasteiger partial charge in [0, 0.05) is 12.1 Å². The lowest BCUT2D eigenvalue weighted by atomic mass is 9.88. The average Bonchev–Trinajstić information content (AvgIpc) is 2.97. The minimum Gasteiger partial charge on any atom is -0.455 e. The number of esters is 1. The van der Waals surface area contributed by atoms with E-state index in [4.69, 9.17) is 16.3 Å². The highest BCUT2D eigenvalue weighted by molar-refractivity contribution is 6.30. The van der Waals surface area contributed by atoms with Crippen molar-refractivity contribution in [2.75, 3.05) is 11.9 Å². The van der Waals surface area contributed by atoms with E-state index >= 15 is 0 Å². The van der Waals surface area contributed by atoms with Gasteiger partial charge in [-0.2, -0.15) is 0 Å². The smallest absolute Gasteiger partial charge is 0.314 e. The Morgan fingerprint density at radius 1 is 1.06 bits per heavy atom. The SMILES string of the molecule is Cc1c(NC(=O)COC(=O)[C@H](c2ccc(Cl)cc2)C(C)C)c(=O)n(-c2ccccc2)n1C. The van der Waals surface area contributed by atoms with E-state index in [9.17, 15) is 14.4 Å². The molecule has 1 atom stereocenters. The highest BCUT2D eigenvalue weighted by Crippen LogP contribution is 2.27. The fourth-order valence-corrected chi connectivity index (χ4v) is 3.70. The number of aromatic nitrogens is 2. The third-order valence-electron chi connectivity index (χ3n) is 5.31. The first kappa shape index (κ1) is 23.3. The van der Waals surface area contributed by atoms with Crippen LogP contribution in [0.3, 0.4) is 0 Å². The second-order valence-corrected chi connectivity index (χ2v) is 8.30. The number of carbonyl (C=O) groups is 2. The molecule has 0 fully saturated rings. The van der Waals surface area contributed by atoms with Crippen LogP contribution in [0.2, 0.25) is 5.02 Å². The maximum Gasteiger partial charge on any atom is 0.314 e. The number of rotatable bonds is 7. The number of halogens is 1. The van der Waals surface area contributed by atoms with Gasteiger partial charge in [-0.15, -0.1) is 0 Å². The lowest BCUT2D eigenvalue weighted by molar-refractivity contribution is -0.149. The van der Waals surface area contributed by atoms with Crippen LogP contribution in [0.4, 0.5) is 5.69 Å². The molecule has 1 amide bonds. The van der Waals surface area contributed by atoms with Crippen LogP contribution in [-0.4, -0.2) is 27.8 Å². The van der Waals surface area contributed by atoms with Crippen LogP contribution < -0.4 is 10.9 Å². The van der Waals surface area contributed by atoms with E-state index in [1.165, 1.54) is 4.68 Å². The topological polar surface area (TPSA) is 82.3 Å². The Hall–Kier alpha value is -3.32. The predicted octanol–water partition coefficient (Wildman–Crippen LogP) is 4.06. The summed E-state index contributed by atoms with van der Waals surface area (Å²) < 4.78 is 8.41. The zero-order valence-electron chi connectivity index (χ0n) is 18.5. The molecule has 0 aliphatic carbocycles. The molecule has 32 heavy (non-hydrogen) atoms. The summed E-state index contributed by atoms with van der Waals surface area (Å²) in [6, 6.07) is 16.1. The van der Waals surface area contributed by atoms with Crippen molar-refractivity contribution < 1.29 is 14.3 Å². The standard InChI is InChI=1S/C24H26ClN3O4/c1-15(2)21(17-10-12-18(25)13-11-17)24(31)32-14-20(29)26-22-16(3)27(4)28(23(22)30)19-8-6-5-7-9-19/h5-13,15,21H,14H2,1-4H3,(H,26,29)/t21-/m0/s1. The Kier molecular flexibility index (Phi) is 7.20. The number of nitrogens with one attached hydrogen (secondary N) is 1. The molecule has 0 radical (unpaired) electrons. The van der Waals surface area contributed by atoms with Gasteiger partial charge in [0.05, 0.1) is 17.3 Å². The Morgan fingerprint density at radius 2 is 1.69 bits per heavy atom. The van der Waals surface area contributed by atoms with Gasteiger partial charge in [-0.05, 0) is 42.7 Å². The van der Waals surface area contributed by atoms with Gasteiger partial charge in [0.15, 0.2) is 6.61 Å². The van der Waals surface area contributed by atoms with Crippen molar-refractivity contribution >= 4 is 29.2 Å². The monoisotopic (exact) mass is 455 g/mol. The summed E-state index contributed by atoms with van der Waals surface area (Å²) in [5.41, 5.74) is 1.81. The van der Waals surface area contributed by atoms with Gasteiger partial charge in [-0.3, -0.25) is 19.1 Å². The predicted molar refractivity (Wildman–Crippen MR) is 124 cm³/mol. The Bertz CT molecular complexity index is 1160. The van der Waals surface area contributed by atoms with Crippen LogP contribution in [0.1, 0.15) is 31.0 Å². The third-order valence-corrected chi connectivity index (χ3v) is 5.57. The Labute approximate surface area is 191 Å². The molecule has 2 aromatic carbocycles. The number of ether oxygens (including phenoxy) is 1. The van der Waals surface area contributed by atoms with Crippen molar-refractivity contribution in [3.63, 3.8) is 0 Å². The highest BCUT2D eigenvalue weighted by Gasteiger charge is 2.27. The lowest BCUT2D eigenvalue weighted by Crippen LogP contribution is -2.28. The number of para-hydroxylation sites is 1. The van der Waals surface area contributed by atoms with E-state index in [2.05, 4.69) is 5.32 Å². The summed E-state index contributed by atoms with van der Waals surface area (Å²) in [6.45, 7) is 5.05. The van der Waals surface area contributed by atoms with Crippen LogP contribution >= 0.6 is 11.6 Å². The van der Waals surface area contributed by atoms with E-state index in [0.29, 0.717) is 16.4 Å². The Morgan fingerprint density at radius 3 is 2.28 bits per heavy atom. The van der Waals surface area contributed by atoms with E-state index in [-0.39, 0.29) is 17.2 Å². The van der Waals surface area contributed by atoms with Crippen molar-refractivity contribution in [3.8, 4) is 5.69 Å². The third kappa shape index (κ3) is 4.94. The van der Waals surface area contributed by atoms with Crippen molar-refractivity contribution in [3.05, 3.63) is 81.2 Å². The summed E-state index contributed by atoms with van der Waals surface area (Å²) >= 11 is 5.93. The van der Waals surface area contributed by atoms with Crippen molar-refractivity contribution in [2.24, 2.45) is 13.0 Å². The molecule has 8 heteroatoms. The summed E-state index contributed by atoms with van der Waals surface area (Å²) in [6.07, 6.45) is 0. The number of amides is 1. The van der Waals surface area contributed by atoms with E-state index in [1.54, 1.807) is 55.1 Å². The van der Waals surface area contributed by atoms with E-state index in [0.717, 1.165) is 5.56 Å². The molecule has 1 aromatic heterocycles. The van der Waals surface area contributed by atoms with Crippen LogP contribution in [0.25, 0.3) is 5.69 Å². The van der Waals surface area contributed by atoms with Gasteiger partial charge >= 0.3 is 5.97 Å². The number of hydrogen-bond acceptors (Lipinski definition) is 4. The van der Waals surface area contributed by atoms with Gasteiger partial charge in [0.1, 0.15) is 5.69 Å². The number of carbonyl (C=O) groups excluding carboxylic acids is 2. The molecule has 7 nitrogen and oxygen atoms in total. The van der Waals surface area contributed by atoms with Crippen LogP contribution in [0.5, 0.6) is 0 Å². The average molecular weight is 456 g/mol. The van der Waals surface area contributed by atoms with E-state index in [1.807, 2.05) is 32.0 Å². The molecule has 1 heterocycles. The molecule has 0 aliphatic heterocycles. The molecule has 3 rings (SSSR count). The maximum atomic E-state index is 12.9. The second kappa shape index (κ2) is 9.87. The maximum absolute atomic E-state index is 12.9. The van der Waals surface area contributed by atoms with Gasteiger partial charge in [0.2, 0.25) is 0 Å². The first-order valence-electron chi connectivity index (χ1n) is 10.3. The van der Waals surface area contributed by atoms with Crippen LogP contribution in [-0.2, 0) is 21.4 Å². The zero-order valence-corrected chi connectivity index (χ0v) is 19.2. The first-order valence-corrected chi connectivity index (χ1v) is 10.6. The zero-order chi connectivity index (χ0) is 23.4. The number of hydrogen-bond donors (Lipinski definition) is 1. The van der Waals surface area contributed by atoms with Crippen LogP contribution in [0, 0.1) is 12.8 Å². The minimum atomic E-state index is -0.581. The molecule has 0 unspecified atom stereocenters. The van der Waals surface area contributed by atoms with Gasteiger partial charge in [-0.1, -0.05) is 55.8 Å². The molecule has 0 spiro atoms. The molecule has 0 saturated heterocycles. The number of benzene rings is 2. The fourth-order valence-electron chi connectivity index (χ4n) is 3.58. The molecular formula is C24H26ClN3O4. The minimum absolute atomic E-state index is 0.0406. The van der Waals surface area contributed by atoms with Gasteiger partial charge in [-0.25, -0.2) is 4.68 Å². The normalized spacial score (nSPS) is 11.9. The van der Waals surface area contributed by atoms with Crippen molar-refractivity contribution in [1.29, 1.82) is 0 Å². The summed E-state index contributed by atoms with van der Waals surface area (Å²) in [5.74, 6) is -1.66. The summed E-state index contributed by atoms with van der Waals surface area (Å²) in [4.78, 5) is 38.1. The van der Waals surface area contributed by atoms with Gasteiger partial charge < -0.3 is 10.1 Å². The summed E-state index contributed by atoms with van der Waals surface area (Å²) in [5, 5.41) is 3.17. The van der Waals surface area contributed by atoms with Crippen LogP contribution in [0.15, 0.2) is 59.4 Å². The molecule has 1 N–H and O–H groups in total. The molecule has 0 bridgehead atoms. The highest BCUT2D eigenvalue weighted by atomic mass is 35.5. The molecular weight excluding hydrogens is 430 g/mol. The quantitative estimate of drug-likeness (QED) is 0.544. The molecule has 0 saturated carbocycles.